The highest BCUT2D eigenvalue weighted by Gasteiger charge is 2.20. The second kappa shape index (κ2) is 10.7. The van der Waals surface area contributed by atoms with E-state index in [4.69, 9.17) is 19.6 Å². The molecule has 1 N–H and O–H groups in total. The van der Waals surface area contributed by atoms with E-state index in [-0.39, 0.29) is 5.56 Å². The van der Waals surface area contributed by atoms with Crippen LogP contribution in [-0.2, 0) is 17.7 Å². The number of hydrogen-bond acceptors (Lipinski definition) is 7. The molecule has 4 rings (SSSR count). The van der Waals surface area contributed by atoms with Gasteiger partial charge in [0.05, 0.1) is 37.6 Å². The zero-order chi connectivity index (χ0) is 22.5. The Morgan fingerprint density at radius 3 is 2.81 bits per heavy atom. The molecule has 172 valence electrons. The van der Waals surface area contributed by atoms with Gasteiger partial charge in [-0.1, -0.05) is 20.3 Å². The van der Waals surface area contributed by atoms with E-state index < -0.39 is 0 Å². The molecular formula is C22H29IN6O3. The van der Waals surface area contributed by atoms with Gasteiger partial charge in [0.1, 0.15) is 11.3 Å². The van der Waals surface area contributed by atoms with Crippen molar-refractivity contribution < 1.29 is 9.47 Å². The van der Waals surface area contributed by atoms with E-state index in [0.717, 1.165) is 55.0 Å². The molecule has 0 spiro atoms. The van der Waals surface area contributed by atoms with E-state index in [1.54, 1.807) is 10.9 Å². The zero-order valence-electron chi connectivity index (χ0n) is 18.6. The third kappa shape index (κ3) is 5.12. The van der Waals surface area contributed by atoms with Crippen molar-refractivity contribution in [2.24, 2.45) is 0 Å². The van der Waals surface area contributed by atoms with Crippen LogP contribution >= 0.6 is 22.6 Å². The Labute approximate surface area is 200 Å². The third-order valence-corrected chi connectivity index (χ3v) is 6.13. The molecule has 0 saturated carbocycles. The van der Waals surface area contributed by atoms with E-state index in [9.17, 15) is 4.79 Å². The fourth-order valence-electron chi connectivity index (χ4n) is 3.76. The van der Waals surface area contributed by atoms with Crippen LogP contribution in [0.3, 0.4) is 0 Å². The Kier molecular flexibility index (Phi) is 7.74. The molecule has 0 aliphatic carbocycles. The first kappa shape index (κ1) is 23.1. The Bertz CT molecular complexity index is 1120. The number of unbranched alkanes of at least 4 members (excludes halogenated alkanes) is 1. The smallest absolute Gasteiger partial charge is 0.277 e. The van der Waals surface area contributed by atoms with Gasteiger partial charge in [-0.2, -0.15) is 5.10 Å². The Balaban J connectivity index is 1.69. The fourth-order valence-corrected chi connectivity index (χ4v) is 4.21. The van der Waals surface area contributed by atoms with Gasteiger partial charge in [-0.15, -0.1) is 0 Å². The lowest BCUT2D eigenvalue weighted by atomic mass is 10.2. The minimum atomic E-state index is -0.197. The SMILES string of the molecule is CCCCOc1ncc(I)cc1-c1nc2c(CC)nn(CCN3CCOCC3)c2c(=O)[nH]1. The molecular weight excluding hydrogens is 523 g/mol. The number of pyridine rings is 1. The molecule has 9 nitrogen and oxygen atoms in total. The molecule has 0 atom stereocenters. The molecule has 0 amide bonds. The highest BCUT2D eigenvalue weighted by Crippen LogP contribution is 2.28. The van der Waals surface area contributed by atoms with E-state index in [0.29, 0.717) is 47.9 Å². The van der Waals surface area contributed by atoms with Gasteiger partial charge in [0.25, 0.3) is 5.56 Å². The first-order valence-electron chi connectivity index (χ1n) is 11.2. The average Bonchev–Trinajstić information content (AvgIpc) is 3.17. The monoisotopic (exact) mass is 552 g/mol. The molecule has 0 radical (unpaired) electrons. The summed E-state index contributed by atoms with van der Waals surface area (Å²) < 4.78 is 14.1. The number of H-pyrrole nitrogens is 1. The Morgan fingerprint density at radius 2 is 2.06 bits per heavy atom. The number of ether oxygens (including phenoxy) is 2. The van der Waals surface area contributed by atoms with E-state index in [1.807, 2.05) is 13.0 Å². The van der Waals surface area contributed by atoms with Crippen LogP contribution < -0.4 is 10.3 Å². The predicted octanol–water partition coefficient (Wildman–Crippen LogP) is 2.86. The maximum atomic E-state index is 13.2. The van der Waals surface area contributed by atoms with E-state index >= 15 is 0 Å². The summed E-state index contributed by atoms with van der Waals surface area (Å²) in [6.45, 7) is 9.47. The topological polar surface area (TPSA) is 98.2 Å². The first-order valence-corrected chi connectivity index (χ1v) is 12.3. The van der Waals surface area contributed by atoms with Gasteiger partial charge in [0.2, 0.25) is 5.88 Å². The number of hydrogen-bond donors (Lipinski definition) is 1. The van der Waals surface area contributed by atoms with Gasteiger partial charge in [0, 0.05) is 29.4 Å². The molecule has 3 aromatic heterocycles. The van der Waals surface area contributed by atoms with E-state index in [1.165, 1.54) is 0 Å². The van der Waals surface area contributed by atoms with Crippen LogP contribution in [-0.4, -0.2) is 69.1 Å². The van der Waals surface area contributed by atoms with Crippen LogP contribution in [0, 0.1) is 3.57 Å². The van der Waals surface area contributed by atoms with Crippen molar-refractivity contribution in [1.29, 1.82) is 0 Å². The summed E-state index contributed by atoms with van der Waals surface area (Å²) in [6, 6.07) is 1.94. The van der Waals surface area contributed by atoms with Crippen LogP contribution in [0.25, 0.3) is 22.4 Å². The lowest BCUT2D eigenvalue weighted by Crippen LogP contribution is -2.38. The molecule has 3 aromatic rings. The number of nitrogens with one attached hydrogen (secondary N) is 1. The fraction of sp³-hybridized carbons (Fsp3) is 0.545. The minimum Gasteiger partial charge on any atom is -0.477 e. The molecule has 0 unspecified atom stereocenters. The molecule has 4 heterocycles. The largest absolute Gasteiger partial charge is 0.477 e. The quantitative estimate of drug-likeness (QED) is 0.322. The maximum absolute atomic E-state index is 13.2. The van der Waals surface area contributed by atoms with Crippen molar-refractivity contribution in [3.05, 3.63) is 31.9 Å². The number of aromatic nitrogens is 5. The summed E-state index contributed by atoms with van der Waals surface area (Å²) in [7, 11) is 0. The highest BCUT2D eigenvalue weighted by atomic mass is 127. The number of aromatic amines is 1. The van der Waals surface area contributed by atoms with Crippen molar-refractivity contribution in [3.8, 4) is 17.3 Å². The molecule has 0 bridgehead atoms. The molecule has 1 saturated heterocycles. The van der Waals surface area contributed by atoms with Crippen molar-refractivity contribution >= 4 is 33.6 Å². The summed E-state index contributed by atoms with van der Waals surface area (Å²) in [5.41, 5.74) is 2.48. The van der Waals surface area contributed by atoms with Crippen molar-refractivity contribution in [2.45, 2.75) is 39.7 Å². The Morgan fingerprint density at radius 1 is 1.25 bits per heavy atom. The highest BCUT2D eigenvalue weighted by molar-refractivity contribution is 14.1. The van der Waals surface area contributed by atoms with Gasteiger partial charge in [0.15, 0.2) is 5.52 Å². The van der Waals surface area contributed by atoms with Gasteiger partial charge >= 0.3 is 0 Å². The predicted molar refractivity (Wildman–Crippen MR) is 131 cm³/mol. The molecule has 1 aliphatic heterocycles. The van der Waals surface area contributed by atoms with Crippen LogP contribution in [0.2, 0.25) is 0 Å². The van der Waals surface area contributed by atoms with E-state index in [2.05, 4.69) is 44.4 Å². The second-order valence-electron chi connectivity index (χ2n) is 7.80. The first-order chi connectivity index (χ1) is 15.6. The summed E-state index contributed by atoms with van der Waals surface area (Å²) in [4.78, 5) is 27.7. The number of halogens is 1. The van der Waals surface area contributed by atoms with Gasteiger partial charge in [-0.05, 0) is 41.5 Å². The van der Waals surface area contributed by atoms with Crippen LogP contribution in [0.15, 0.2) is 17.1 Å². The summed E-state index contributed by atoms with van der Waals surface area (Å²) in [6.07, 6.45) is 4.42. The second-order valence-corrected chi connectivity index (χ2v) is 9.04. The Hall–Kier alpha value is -2.05. The summed E-state index contributed by atoms with van der Waals surface area (Å²) in [5.74, 6) is 0.946. The average molecular weight is 552 g/mol. The number of fused-ring (bicyclic) bond motifs is 1. The van der Waals surface area contributed by atoms with Gasteiger partial charge < -0.3 is 14.5 Å². The van der Waals surface area contributed by atoms with Crippen LogP contribution in [0.4, 0.5) is 0 Å². The van der Waals surface area contributed by atoms with Crippen LogP contribution in [0.1, 0.15) is 32.4 Å². The molecule has 1 fully saturated rings. The third-order valence-electron chi connectivity index (χ3n) is 5.54. The molecule has 10 heteroatoms. The van der Waals surface area contributed by atoms with Crippen molar-refractivity contribution in [1.82, 2.24) is 29.6 Å². The molecule has 0 aromatic carbocycles. The molecule has 32 heavy (non-hydrogen) atoms. The number of morpholine rings is 1. The lowest BCUT2D eigenvalue weighted by molar-refractivity contribution is 0.0361. The van der Waals surface area contributed by atoms with Crippen molar-refractivity contribution in [2.75, 3.05) is 39.5 Å². The normalized spacial score (nSPS) is 14.8. The molecule has 1 aliphatic rings. The lowest BCUT2D eigenvalue weighted by Gasteiger charge is -2.26. The zero-order valence-corrected chi connectivity index (χ0v) is 20.7. The minimum absolute atomic E-state index is 0.197. The maximum Gasteiger partial charge on any atom is 0.277 e. The van der Waals surface area contributed by atoms with Gasteiger partial charge in [-0.3, -0.25) is 14.4 Å². The van der Waals surface area contributed by atoms with Crippen LogP contribution in [0.5, 0.6) is 5.88 Å². The summed E-state index contributed by atoms with van der Waals surface area (Å²) >= 11 is 2.20. The van der Waals surface area contributed by atoms with Crippen molar-refractivity contribution in [3.63, 3.8) is 0 Å². The standard InChI is InChI=1S/C22H29IN6O3/c1-3-5-10-32-22-16(13-15(23)14-24-22)20-25-18-17(4-2)27-29(19(18)21(30)26-20)7-6-28-8-11-31-12-9-28/h13-14H,3-12H2,1-2H3,(H,25,26,30). The van der Waals surface area contributed by atoms with Gasteiger partial charge in [-0.25, -0.2) is 9.97 Å². The summed E-state index contributed by atoms with van der Waals surface area (Å²) in [5, 5.41) is 4.72. The number of nitrogens with zero attached hydrogens (tertiary/aromatic N) is 5. The number of aryl methyl sites for hydroxylation is 1. The number of rotatable bonds is 9.